The lowest BCUT2D eigenvalue weighted by molar-refractivity contribution is -0.152. The summed E-state index contributed by atoms with van der Waals surface area (Å²) in [5.74, 6) is -0.526. The molecule has 6 nitrogen and oxygen atoms in total. The molecule has 140 valence electrons. The summed E-state index contributed by atoms with van der Waals surface area (Å²) in [6, 6.07) is 9.86. The third kappa shape index (κ3) is 5.74. The van der Waals surface area contributed by atoms with Crippen molar-refractivity contribution in [3.8, 4) is 0 Å². The third-order valence-corrected chi connectivity index (χ3v) is 3.65. The molecule has 1 aromatic carbocycles. The van der Waals surface area contributed by atoms with Crippen LogP contribution in [0.15, 0.2) is 48.6 Å². The number of nitrogens with one attached hydrogen (secondary N) is 1. The number of rotatable bonds is 5. The zero-order chi connectivity index (χ0) is 19.2. The molecule has 0 saturated heterocycles. The predicted molar refractivity (Wildman–Crippen MR) is 98.2 cm³/mol. The number of carbonyl (C=O) groups excluding carboxylic acids is 2. The van der Waals surface area contributed by atoms with E-state index in [9.17, 15) is 9.59 Å². The van der Waals surface area contributed by atoms with Gasteiger partial charge in [-0.2, -0.15) is 0 Å². The van der Waals surface area contributed by atoms with Crippen molar-refractivity contribution in [2.45, 2.75) is 38.5 Å². The Hall–Kier alpha value is -2.60. The lowest BCUT2D eigenvalue weighted by Crippen LogP contribution is -2.51. The Morgan fingerprint density at radius 2 is 1.88 bits per heavy atom. The summed E-state index contributed by atoms with van der Waals surface area (Å²) >= 11 is 0. The first-order valence-electron chi connectivity index (χ1n) is 8.40. The molecule has 0 saturated carbocycles. The van der Waals surface area contributed by atoms with E-state index in [0.29, 0.717) is 6.42 Å². The number of amides is 1. The van der Waals surface area contributed by atoms with Crippen molar-refractivity contribution < 1.29 is 23.8 Å². The van der Waals surface area contributed by atoms with Gasteiger partial charge in [0, 0.05) is 6.42 Å². The van der Waals surface area contributed by atoms with Crippen molar-refractivity contribution in [1.29, 1.82) is 0 Å². The minimum absolute atomic E-state index is 0.287. The lowest BCUT2D eigenvalue weighted by atomic mass is 9.95. The lowest BCUT2D eigenvalue weighted by Gasteiger charge is -2.33. The summed E-state index contributed by atoms with van der Waals surface area (Å²) in [5.41, 5.74) is 0.253. The summed E-state index contributed by atoms with van der Waals surface area (Å²) in [7, 11) is 1.28. The van der Waals surface area contributed by atoms with E-state index in [1.54, 1.807) is 26.8 Å². The van der Waals surface area contributed by atoms with Crippen molar-refractivity contribution in [3.05, 3.63) is 54.1 Å². The SMILES string of the molecule is COC(=O)COC1(NC(=O)OC(C)(C)C)C=CC(c2ccccc2)=CC1. The van der Waals surface area contributed by atoms with Gasteiger partial charge >= 0.3 is 12.1 Å². The number of ether oxygens (including phenoxy) is 3. The van der Waals surface area contributed by atoms with Gasteiger partial charge in [0.05, 0.1) is 7.11 Å². The number of allylic oxidation sites excluding steroid dienone is 2. The van der Waals surface area contributed by atoms with E-state index in [1.807, 2.05) is 42.5 Å². The van der Waals surface area contributed by atoms with Crippen LogP contribution in [0, 0.1) is 0 Å². The van der Waals surface area contributed by atoms with Crippen LogP contribution >= 0.6 is 0 Å². The van der Waals surface area contributed by atoms with Gasteiger partial charge in [-0.05, 0) is 38.0 Å². The molecule has 0 bridgehead atoms. The molecular weight excluding hydrogens is 334 g/mol. The molecule has 0 aliphatic heterocycles. The summed E-state index contributed by atoms with van der Waals surface area (Å²) in [6.45, 7) is 5.04. The van der Waals surface area contributed by atoms with Crippen molar-refractivity contribution in [2.75, 3.05) is 13.7 Å². The monoisotopic (exact) mass is 359 g/mol. The topological polar surface area (TPSA) is 73.9 Å². The van der Waals surface area contributed by atoms with Gasteiger partial charge in [-0.3, -0.25) is 5.32 Å². The Balaban J connectivity index is 2.15. The molecular formula is C20H25NO5. The normalized spacial score (nSPS) is 19.5. The standard InChI is InChI=1S/C20H25NO5/c1-19(2,3)26-18(23)21-20(25-14-17(22)24-4)12-10-16(11-13-20)15-8-6-5-7-9-15/h5-12H,13-14H2,1-4H3,(H,21,23). The Morgan fingerprint density at radius 3 is 2.42 bits per heavy atom. The highest BCUT2D eigenvalue weighted by molar-refractivity contribution is 5.77. The molecule has 0 heterocycles. The van der Waals surface area contributed by atoms with Gasteiger partial charge in [-0.15, -0.1) is 0 Å². The van der Waals surface area contributed by atoms with E-state index in [0.717, 1.165) is 11.1 Å². The van der Waals surface area contributed by atoms with Gasteiger partial charge in [0.1, 0.15) is 12.2 Å². The van der Waals surface area contributed by atoms with Crippen LogP contribution in [0.3, 0.4) is 0 Å². The van der Waals surface area contributed by atoms with E-state index in [4.69, 9.17) is 9.47 Å². The highest BCUT2D eigenvalue weighted by atomic mass is 16.6. The fourth-order valence-electron chi connectivity index (χ4n) is 2.43. The molecule has 1 unspecified atom stereocenters. The summed E-state index contributed by atoms with van der Waals surface area (Å²) in [4.78, 5) is 23.7. The molecule has 1 atom stereocenters. The average Bonchev–Trinajstić information content (AvgIpc) is 2.59. The van der Waals surface area contributed by atoms with Crippen LogP contribution in [0.25, 0.3) is 5.57 Å². The van der Waals surface area contributed by atoms with Crippen LogP contribution in [0.5, 0.6) is 0 Å². The number of benzene rings is 1. The molecule has 6 heteroatoms. The molecule has 1 amide bonds. The summed E-state index contributed by atoms with van der Waals surface area (Å²) < 4.78 is 15.6. The van der Waals surface area contributed by atoms with Gasteiger partial charge in [0.25, 0.3) is 0 Å². The van der Waals surface area contributed by atoms with Gasteiger partial charge in [-0.1, -0.05) is 42.5 Å². The van der Waals surface area contributed by atoms with Crippen molar-refractivity contribution in [1.82, 2.24) is 5.32 Å². The Morgan fingerprint density at radius 1 is 1.19 bits per heavy atom. The zero-order valence-corrected chi connectivity index (χ0v) is 15.6. The van der Waals surface area contributed by atoms with Gasteiger partial charge in [-0.25, -0.2) is 9.59 Å². The fourth-order valence-corrected chi connectivity index (χ4v) is 2.43. The molecule has 26 heavy (non-hydrogen) atoms. The predicted octanol–water partition coefficient (Wildman–Crippen LogP) is 3.44. The van der Waals surface area contributed by atoms with Crippen LogP contribution in [0.4, 0.5) is 4.79 Å². The number of hydrogen-bond acceptors (Lipinski definition) is 5. The van der Waals surface area contributed by atoms with Gasteiger partial charge in [0.15, 0.2) is 5.72 Å². The van der Waals surface area contributed by atoms with Gasteiger partial charge in [0.2, 0.25) is 0 Å². The molecule has 0 radical (unpaired) electrons. The van der Waals surface area contributed by atoms with E-state index in [2.05, 4.69) is 10.1 Å². The van der Waals surface area contributed by atoms with Crippen molar-refractivity contribution >= 4 is 17.6 Å². The smallest absolute Gasteiger partial charge is 0.410 e. The summed E-state index contributed by atoms with van der Waals surface area (Å²) in [5, 5.41) is 2.72. The Kier molecular flexibility index (Phi) is 6.21. The maximum atomic E-state index is 12.2. The second-order valence-corrected chi connectivity index (χ2v) is 6.94. The van der Waals surface area contributed by atoms with E-state index >= 15 is 0 Å². The number of esters is 1. The molecule has 1 aromatic rings. The maximum absolute atomic E-state index is 12.2. The highest BCUT2D eigenvalue weighted by Crippen LogP contribution is 2.28. The molecule has 0 spiro atoms. The van der Waals surface area contributed by atoms with Crippen LogP contribution in [-0.4, -0.2) is 37.1 Å². The maximum Gasteiger partial charge on any atom is 0.410 e. The first-order chi connectivity index (χ1) is 12.2. The molecule has 1 aliphatic rings. The van der Waals surface area contributed by atoms with Crippen molar-refractivity contribution in [2.24, 2.45) is 0 Å². The molecule has 0 fully saturated rings. The van der Waals surface area contributed by atoms with Crippen molar-refractivity contribution in [3.63, 3.8) is 0 Å². The van der Waals surface area contributed by atoms with E-state index < -0.39 is 23.4 Å². The van der Waals surface area contributed by atoms with Gasteiger partial charge < -0.3 is 14.2 Å². The second-order valence-electron chi connectivity index (χ2n) is 6.94. The van der Waals surface area contributed by atoms with E-state index in [-0.39, 0.29) is 6.61 Å². The first kappa shape index (κ1) is 19.7. The fraction of sp³-hybridized carbons (Fsp3) is 0.400. The first-order valence-corrected chi connectivity index (χ1v) is 8.40. The third-order valence-electron chi connectivity index (χ3n) is 3.65. The zero-order valence-electron chi connectivity index (χ0n) is 15.6. The Bertz CT molecular complexity index is 703. The molecule has 1 aliphatic carbocycles. The highest BCUT2D eigenvalue weighted by Gasteiger charge is 2.34. The number of alkyl carbamates (subject to hydrolysis) is 1. The van der Waals surface area contributed by atoms with Crippen LogP contribution in [-0.2, 0) is 19.0 Å². The minimum atomic E-state index is -1.17. The second kappa shape index (κ2) is 8.19. The number of carbonyl (C=O) groups is 2. The average molecular weight is 359 g/mol. The molecule has 2 rings (SSSR count). The van der Waals surface area contributed by atoms with Crippen LogP contribution in [0.1, 0.15) is 32.8 Å². The summed E-state index contributed by atoms with van der Waals surface area (Å²) in [6.07, 6.45) is 5.26. The molecule has 0 aromatic heterocycles. The van der Waals surface area contributed by atoms with Crippen LogP contribution in [0.2, 0.25) is 0 Å². The molecule has 1 N–H and O–H groups in total. The van der Waals surface area contributed by atoms with E-state index in [1.165, 1.54) is 7.11 Å². The Labute approximate surface area is 153 Å². The quantitative estimate of drug-likeness (QED) is 0.644. The number of hydrogen-bond donors (Lipinski definition) is 1. The largest absolute Gasteiger partial charge is 0.467 e. The van der Waals surface area contributed by atoms with Crippen LogP contribution < -0.4 is 5.32 Å². The minimum Gasteiger partial charge on any atom is -0.467 e. The number of methoxy groups -OCH3 is 1.